The summed E-state index contributed by atoms with van der Waals surface area (Å²) >= 11 is 0. The summed E-state index contributed by atoms with van der Waals surface area (Å²) in [5, 5.41) is 3.47. The molecule has 1 aliphatic carbocycles. The molecule has 3 atom stereocenters. The van der Waals surface area contributed by atoms with E-state index in [1.165, 1.54) is 17.4 Å². The third-order valence-electron chi connectivity index (χ3n) is 5.18. The van der Waals surface area contributed by atoms with E-state index in [1.54, 1.807) is 7.05 Å². The number of piperazine rings is 1. The van der Waals surface area contributed by atoms with Gasteiger partial charge in [-0.15, -0.1) is 0 Å². The van der Waals surface area contributed by atoms with Gasteiger partial charge in [0, 0.05) is 45.2 Å². The molecule has 3 rings (SSSR count). The summed E-state index contributed by atoms with van der Waals surface area (Å²) in [6, 6.07) is 9.32. The lowest BCUT2D eigenvalue weighted by molar-refractivity contribution is -0.181. The van der Waals surface area contributed by atoms with Crippen LogP contribution in [0.2, 0.25) is 0 Å². The fraction of sp³-hybridized carbons (Fsp3) is 0.611. The Morgan fingerprint density at radius 1 is 1.16 bits per heavy atom. The number of guanidine groups is 1. The minimum absolute atomic E-state index is 0.355. The predicted octanol–water partition coefficient (Wildman–Crippen LogP) is 2.69. The zero-order chi connectivity index (χ0) is 18.0. The summed E-state index contributed by atoms with van der Waals surface area (Å²) in [4.78, 5) is 7.88. The van der Waals surface area contributed by atoms with Gasteiger partial charge >= 0.3 is 6.18 Å². The molecular formula is C18H25F3N4. The van der Waals surface area contributed by atoms with Crippen molar-refractivity contribution in [1.29, 1.82) is 0 Å². The lowest BCUT2D eigenvalue weighted by atomic mass is 10.1. The van der Waals surface area contributed by atoms with E-state index in [4.69, 9.17) is 0 Å². The van der Waals surface area contributed by atoms with E-state index >= 15 is 0 Å². The molecule has 1 aromatic rings. The number of aliphatic imine (C=N–C) groups is 1. The normalized spacial score (nSPS) is 26.4. The second-order valence-electron chi connectivity index (χ2n) is 6.79. The van der Waals surface area contributed by atoms with Gasteiger partial charge in [0.1, 0.15) is 6.04 Å². The number of hydrogen-bond acceptors (Lipinski definition) is 2. The van der Waals surface area contributed by atoms with Gasteiger partial charge < -0.3 is 10.2 Å². The molecule has 1 saturated heterocycles. The summed E-state index contributed by atoms with van der Waals surface area (Å²) in [7, 11) is 1.73. The van der Waals surface area contributed by atoms with Crippen LogP contribution in [0.25, 0.3) is 0 Å². The van der Waals surface area contributed by atoms with E-state index in [9.17, 15) is 13.2 Å². The Hall–Kier alpha value is -1.76. The lowest BCUT2D eigenvalue weighted by Crippen LogP contribution is -2.57. The van der Waals surface area contributed by atoms with Crippen molar-refractivity contribution < 1.29 is 13.2 Å². The van der Waals surface area contributed by atoms with Gasteiger partial charge in [-0.1, -0.05) is 30.3 Å². The first kappa shape index (κ1) is 18.0. The Morgan fingerprint density at radius 2 is 1.80 bits per heavy atom. The molecule has 0 aromatic heterocycles. The van der Waals surface area contributed by atoms with Crippen LogP contribution in [0.1, 0.15) is 24.8 Å². The molecule has 1 saturated carbocycles. The molecule has 0 amide bonds. The SMILES string of the molecule is CN=C(NC1CC1c1ccccc1)N1CCN(C(C)C(F)(F)F)CC1. The number of benzene rings is 1. The molecule has 3 unspecified atom stereocenters. The van der Waals surface area contributed by atoms with Crippen LogP contribution in [0.4, 0.5) is 13.2 Å². The molecule has 0 bridgehead atoms. The smallest absolute Gasteiger partial charge is 0.353 e. The highest BCUT2D eigenvalue weighted by atomic mass is 19.4. The van der Waals surface area contributed by atoms with Crippen LogP contribution in [-0.2, 0) is 0 Å². The highest BCUT2D eigenvalue weighted by Crippen LogP contribution is 2.40. The van der Waals surface area contributed by atoms with Crippen molar-refractivity contribution in [3.8, 4) is 0 Å². The lowest BCUT2D eigenvalue weighted by Gasteiger charge is -2.39. The number of nitrogens with zero attached hydrogens (tertiary/aromatic N) is 3. The van der Waals surface area contributed by atoms with Gasteiger partial charge in [-0.25, -0.2) is 0 Å². The summed E-state index contributed by atoms with van der Waals surface area (Å²) in [6.07, 6.45) is -3.10. The second-order valence-corrected chi connectivity index (χ2v) is 6.79. The van der Waals surface area contributed by atoms with Crippen molar-refractivity contribution in [3.63, 3.8) is 0 Å². The van der Waals surface area contributed by atoms with E-state index in [-0.39, 0.29) is 0 Å². The van der Waals surface area contributed by atoms with Crippen LogP contribution in [0.15, 0.2) is 35.3 Å². The average molecular weight is 354 g/mol. The maximum absolute atomic E-state index is 12.8. The van der Waals surface area contributed by atoms with Crippen LogP contribution < -0.4 is 5.32 Å². The van der Waals surface area contributed by atoms with Crippen molar-refractivity contribution >= 4 is 5.96 Å². The van der Waals surface area contributed by atoms with E-state index in [1.807, 2.05) is 18.2 Å². The van der Waals surface area contributed by atoms with Crippen molar-refractivity contribution in [3.05, 3.63) is 35.9 Å². The van der Waals surface area contributed by atoms with E-state index in [0.717, 1.165) is 12.4 Å². The molecule has 1 N–H and O–H groups in total. The fourth-order valence-electron chi connectivity index (χ4n) is 3.41. The van der Waals surface area contributed by atoms with E-state index in [2.05, 4.69) is 27.3 Å². The molecule has 2 fully saturated rings. The van der Waals surface area contributed by atoms with Gasteiger partial charge in [0.2, 0.25) is 0 Å². The number of nitrogens with one attached hydrogen (secondary N) is 1. The zero-order valence-corrected chi connectivity index (χ0v) is 14.6. The molecule has 7 heteroatoms. The number of halogens is 3. The largest absolute Gasteiger partial charge is 0.403 e. The van der Waals surface area contributed by atoms with Crippen molar-refractivity contribution in [2.75, 3.05) is 33.2 Å². The van der Waals surface area contributed by atoms with Gasteiger partial charge in [0.05, 0.1) is 0 Å². The van der Waals surface area contributed by atoms with Crippen LogP contribution in [0.5, 0.6) is 0 Å². The van der Waals surface area contributed by atoms with Crippen molar-refractivity contribution in [2.24, 2.45) is 4.99 Å². The third-order valence-corrected chi connectivity index (χ3v) is 5.18. The van der Waals surface area contributed by atoms with E-state index < -0.39 is 12.2 Å². The first-order valence-electron chi connectivity index (χ1n) is 8.74. The van der Waals surface area contributed by atoms with Crippen molar-refractivity contribution in [1.82, 2.24) is 15.1 Å². The average Bonchev–Trinajstić information content (AvgIpc) is 3.38. The second kappa shape index (κ2) is 7.23. The summed E-state index contributed by atoms with van der Waals surface area (Å²) in [5.74, 6) is 1.28. The Kier molecular flexibility index (Phi) is 5.22. The molecule has 2 aliphatic rings. The molecule has 25 heavy (non-hydrogen) atoms. The maximum Gasteiger partial charge on any atom is 0.403 e. The molecular weight excluding hydrogens is 329 g/mol. The Balaban J connectivity index is 1.51. The Labute approximate surface area is 146 Å². The van der Waals surface area contributed by atoms with Crippen molar-refractivity contribution in [2.45, 2.75) is 37.5 Å². The summed E-state index contributed by atoms with van der Waals surface area (Å²) in [6.45, 7) is 3.14. The molecule has 0 spiro atoms. The van der Waals surface area contributed by atoms with Gasteiger partial charge in [-0.2, -0.15) is 13.2 Å². The minimum Gasteiger partial charge on any atom is -0.353 e. The van der Waals surface area contributed by atoms with E-state index in [0.29, 0.717) is 38.1 Å². The van der Waals surface area contributed by atoms with Gasteiger partial charge in [0.25, 0.3) is 0 Å². The molecule has 1 aliphatic heterocycles. The quantitative estimate of drug-likeness (QED) is 0.669. The minimum atomic E-state index is -4.17. The summed E-state index contributed by atoms with van der Waals surface area (Å²) < 4.78 is 38.5. The first-order valence-corrected chi connectivity index (χ1v) is 8.74. The van der Waals surface area contributed by atoms with Crippen LogP contribution >= 0.6 is 0 Å². The van der Waals surface area contributed by atoms with Gasteiger partial charge in [-0.3, -0.25) is 9.89 Å². The standard InChI is InChI=1S/C18H25F3N4/c1-13(18(19,20)21)24-8-10-25(11-9-24)17(22-2)23-16-12-15(16)14-6-4-3-5-7-14/h3-7,13,15-16H,8-12H2,1-2H3,(H,22,23). The number of rotatable bonds is 3. The zero-order valence-electron chi connectivity index (χ0n) is 14.6. The Bertz CT molecular complexity index is 594. The molecule has 1 heterocycles. The summed E-state index contributed by atoms with van der Waals surface area (Å²) in [5.41, 5.74) is 1.32. The van der Waals surface area contributed by atoms with Gasteiger partial charge in [0.15, 0.2) is 5.96 Å². The number of hydrogen-bond donors (Lipinski definition) is 1. The highest BCUT2D eigenvalue weighted by molar-refractivity contribution is 5.80. The van der Waals surface area contributed by atoms with Gasteiger partial charge in [-0.05, 0) is 18.9 Å². The monoisotopic (exact) mass is 354 g/mol. The topological polar surface area (TPSA) is 30.9 Å². The first-order chi connectivity index (χ1) is 11.9. The van der Waals surface area contributed by atoms with Crippen LogP contribution in [0.3, 0.4) is 0 Å². The molecule has 4 nitrogen and oxygen atoms in total. The molecule has 0 radical (unpaired) electrons. The van der Waals surface area contributed by atoms with Crippen LogP contribution in [-0.4, -0.2) is 67.2 Å². The molecule has 1 aromatic carbocycles. The Morgan fingerprint density at radius 3 is 2.36 bits per heavy atom. The highest BCUT2D eigenvalue weighted by Gasteiger charge is 2.42. The third kappa shape index (κ3) is 4.26. The number of alkyl halides is 3. The fourth-order valence-corrected chi connectivity index (χ4v) is 3.41. The maximum atomic E-state index is 12.8. The van der Waals surface area contributed by atoms with Crippen LogP contribution in [0, 0.1) is 0 Å². The predicted molar refractivity (Wildman–Crippen MR) is 92.7 cm³/mol. The molecule has 138 valence electrons.